The van der Waals surface area contributed by atoms with E-state index in [1.807, 2.05) is 12.1 Å². The number of benzene rings is 6. The zero-order valence-electron chi connectivity index (χ0n) is 40.2. The molecule has 0 saturated carbocycles. The standard InChI is InChI=1S/C34H35Br2N3O.C24H30Br2/c1-6-7-20-40-32-26(34(4,5)24-16-12-9-13-17-24)21-25(33(2,3)23-14-10-8-11-15-23)22-29(32)39-37-30-27(35)18-19-28(36)31(30)38-39;1-5-7-13-23(3)21-15-17(25)9-11-19(21)20-12-10-18(26)16-22(20)24(23,4)14-8-6-2/h8-19,21-22H,6-7,20H2,1-5H3;9-12,15-16H,5-8,13-14H2,1-4H3. The monoisotopic (exact) mass is 1140 g/mol. The van der Waals surface area contributed by atoms with E-state index in [4.69, 9.17) is 14.9 Å². The van der Waals surface area contributed by atoms with Crippen molar-refractivity contribution in [2.24, 2.45) is 0 Å². The minimum absolute atomic E-state index is 0.144. The molecule has 1 aliphatic rings. The maximum absolute atomic E-state index is 6.68. The zero-order chi connectivity index (χ0) is 47.4. The number of hydrogen-bond donors (Lipinski definition) is 0. The molecule has 4 nitrogen and oxygen atoms in total. The van der Waals surface area contributed by atoms with Gasteiger partial charge in [0.25, 0.3) is 0 Å². The molecule has 1 aromatic heterocycles. The third-order valence-electron chi connectivity index (χ3n) is 14.6. The number of aromatic nitrogens is 3. The summed E-state index contributed by atoms with van der Waals surface area (Å²) in [6.07, 6.45) is 9.52. The predicted octanol–water partition coefficient (Wildman–Crippen LogP) is 18.6. The summed E-state index contributed by atoms with van der Waals surface area (Å²) in [6.45, 7) is 21.6. The van der Waals surface area contributed by atoms with Crippen molar-refractivity contribution < 1.29 is 4.74 Å². The fourth-order valence-electron chi connectivity index (χ4n) is 10.0. The number of unbranched alkanes of at least 4 members (excludes halogenated alkanes) is 3. The lowest BCUT2D eigenvalue weighted by Crippen LogP contribution is -2.48. The summed E-state index contributed by atoms with van der Waals surface area (Å²) in [5.74, 6) is 0.822. The molecule has 66 heavy (non-hydrogen) atoms. The molecular weight excluding hydrogens is 1070 g/mol. The first-order valence-electron chi connectivity index (χ1n) is 23.8. The highest BCUT2D eigenvalue weighted by molar-refractivity contribution is 9.11. The van der Waals surface area contributed by atoms with Gasteiger partial charge in [-0.05, 0) is 133 Å². The molecule has 346 valence electrons. The van der Waals surface area contributed by atoms with Crippen molar-refractivity contribution in [1.82, 2.24) is 15.0 Å². The molecule has 8 rings (SSSR count). The molecule has 0 N–H and O–H groups in total. The van der Waals surface area contributed by atoms with Crippen molar-refractivity contribution in [2.75, 3.05) is 6.61 Å². The van der Waals surface area contributed by atoms with Crippen molar-refractivity contribution >= 4 is 74.8 Å². The lowest BCUT2D eigenvalue weighted by Gasteiger charge is -2.53. The Balaban J connectivity index is 0.000000215. The summed E-state index contributed by atoms with van der Waals surface area (Å²) < 4.78 is 10.9. The van der Waals surface area contributed by atoms with E-state index in [-0.39, 0.29) is 21.7 Å². The molecule has 6 aromatic carbocycles. The van der Waals surface area contributed by atoms with Crippen LogP contribution in [0.4, 0.5) is 0 Å². The third-order valence-corrected chi connectivity index (χ3v) is 16.8. The maximum atomic E-state index is 6.68. The van der Waals surface area contributed by atoms with Gasteiger partial charge in [-0.2, -0.15) is 0 Å². The van der Waals surface area contributed by atoms with Crippen LogP contribution in [0.5, 0.6) is 5.75 Å². The molecular formula is C58H65Br4N3O. The van der Waals surface area contributed by atoms with Gasteiger partial charge >= 0.3 is 0 Å². The normalized spacial score (nSPS) is 16.9. The van der Waals surface area contributed by atoms with E-state index in [0.717, 1.165) is 49.8 Å². The number of rotatable bonds is 15. The van der Waals surface area contributed by atoms with Crippen LogP contribution in [0.1, 0.15) is 147 Å². The summed E-state index contributed by atoms with van der Waals surface area (Å²) >= 11 is 14.8. The van der Waals surface area contributed by atoms with Gasteiger partial charge in [0.1, 0.15) is 16.7 Å². The van der Waals surface area contributed by atoms with Gasteiger partial charge in [0.05, 0.1) is 6.61 Å². The van der Waals surface area contributed by atoms with Crippen LogP contribution in [0.3, 0.4) is 0 Å². The van der Waals surface area contributed by atoms with Crippen LogP contribution in [-0.2, 0) is 21.7 Å². The quantitative estimate of drug-likeness (QED) is 0.0961. The highest BCUT2D eigenvalue weighted by atomic mass is 79.9. The van der Waals surface area contributed by atoms with Crippen LogP contribution in [0.25, 0.3) is 27.8 Å². The fourth-order valence-corrected chi connectivity index (χ4v) is 11.5. The molecule has 0 radical (unpaired) electrons. The van der Waals surface area contributed by atoms with Crippen molar-refractivity contribution in [3.05, 3.63) is 173 Å². The lowest BCUT2D eigenvalue weighted by molar-refractivity contribution is 0.207. The van der Waals surface area contributed by atoms with Crippen molar-refractivity contribution in [1.29, 1.82) is 0 Å². The van der Waals surface area contributed by atoms with E-state index in [0.29, 0.717) is 6.61 Å². The van der Waals surface area contributed by atoms with Crippen molar-refractivity contribution in [3.63, 3.8) is 0 Å². The Labute approximate surface area is 428 Å². The first-order valence-corrected chi connectivity index (χ1v) is 26.9. The van der Waals surface area contributed by atoms with Gasteiger partial charge in [0.2, 0.25) is 0 Å². The number of fused-ring (bicyclic) bond motifs is 4. The molecule has 0 aliphatic heterocycles. The van der Waals surface area contributed by atoms with E-state index in [2.05, 4.69) is 235 Å². The van der Waals surface area contributed by atoms with E-state index >= 15 is 0 Å². The van der Waals surface area contributed by atoms with Crippen LogP contribution in [0.15, 0.2) is 139 Å². The predicted molar refractivity (Wildman–Crippen MR) is 293 cm³/mol. The van der Waals surface area contributed by atoms with Gasteiger partial charge in [-0.25, -0.2) is 0 Å². The van der Waals surface area contributed by atoms with E-state index in [9.17, 15) is 0 Å². The molecule has 1 aliphatic carbocycles. The Hall–Kier alpha value is -3.56. The van der Waals surface area contributed by atoms with Gasteiger partial charge in [-0.15, -0.1) is 15.0 Å². The topological polar surface area (TPSA) is 39.9 Å². The average Bonchev–Trinajstić information content (AvgIpc) is 3.79. The summed E-state index contributed by atoms with van der Waals surface area (Å²) in [7, 11) is 0. The summed E-state index contributed by atoms with van der Waals surface area (Å²) in [6, 6.07) is 43.6. The molecule has 2 atom stereocenters. The summed E-state index contributed by atoms with van der Waals surface area (Å²) in [5, 5.41) is 9.95. The van der Waals surface area contributed by atoms with Gasteiger partial charge < -0.3 is 4.74 Å². The van der Waals surface area contributed by atoms with Gasteiger partial charge in [0, 0.05) is 45.1 Å². The van der Waals surface area contributed by atoms with Crippen molar-refractivity contribution in [2.45, 2.75) is 135 Å². The van der Waals surface area contributed by atoms with Crippen LogP contribution in [0.2, 0.25) is 0 Å². The second kappa shape index (κ2) is 21.0. The fraction of sp³-hybridized carbons (Fsp3) is 0.379. The average molecular weight is 1140 g/mol. The molecule has 2 unspecified atom stereocenters. The summed E-state index contributed by atoms with van der Waals surface area (Å²) in [5.41, 5.74) is 12.8. The smallest absolute Gasteiger partial charge is 0.150 e. The molecule has 8 heteroatoms. The van der Waals surface area contributed by atoms with Crippen LogP contribution in [-0.4, -0.2) is 21.6 Å². The highest BCUT2D eigenvalue weighted by Gasteiger charge is 2.51. The Bertz CT molecular complexity index is 2680. The lowest BCUT2D eigenvalue weighted by atomic mass is 9.51. The number of ether oxygens (including phenoxy) is 1. The largest absolute Gasteiger partial charge is 0.491 e. The molecule has 0 saturated heterocycles. The number of nitrogens with zero attached hydrogens (tertiary/aromatic N) is 3. The Kier molecular flexibility index (Phi) is 16.0. The number of hydrogen-bond acceptors (Lipinski definition) is 3. The molecule has 7 aromatic rings. The zero-order valence-corrected chi connectivity index (χ0v) is 46.5. The second-order valence-electron chi connectivity index (χ2n) is 19.5. The van der Waals surface area contributed by atoms with Crippen molar-refractivity contribution in [3.8, 4) is 22.6 Å². The van der Waals surface area contributed by atoms with E-state index in [1.54, 1.807) is 4.80 Å². The SMILES string of the molecule is CCCCC1(C)c2cc(Br)ccc2-c2ccc(Br)cc2C1(C)CCCC.CCCCOc1c(-n2nc3c(Br)ccc(Br)c3n2)cc(C(C)(C)c2ccccc2)cc1C(C)(C)c1ccccc1. The minimum atomic E-state index is -0.339. The maximum Gasteiger partial charge on any atom is 0.150 e. The Morgan fingerprint density at radius 3 is 1.44 bits per heavy atom. The molecule has 0 spiro atoms. The van der Waals surface area contributed by atoms with Gasteiger partial charge in [-0.1, -0.05) is 205 Å². The molecule has 1 heterocycles. The van der Waals surface area contributed by atoms with Crippen LogP contribution >= 0.6 is 63.7 Å². The van der Waals surface area contributed by atoms with Gasteiger partial charge in [-0.3, -0.25) is 0 Å². The summed E-state index contributed by atoms with van der Waals surface area (Å²) in [4.78, 5) is 1.75. The Morgan fingerprint density at radius 1 is 0.530 bits per heavy atom. The molecule has 0 amide bonds. The Morgan fingerprint density at radius 2 is 0.985 bits per heavy atom. The minimum Gasteiger partial charge on any atom is -0.491 e. The number of halogens is 4. The van der Waals surface area contributed by atoms with Crippen LogP contribution < -0.4 is 4.74 Å². The second-order valence-corrected chi connectivity index (χ2v) is 23.1. The van der Waals surface area contributed by atoms with Gasteiger partial charge in [0.15, 0.2) is 5.75 Å². The first kappa shape index (κ1) is 50.3. The highest BCUT2D eigenvalue weighted by Crippen LogP contribution is 2.59. The van der Waals surface area contributed by atoms with E-state index in [1.165, 1.54) is 86.4 Å². The molecule has 0 fully saturated rings. The third kappa shape index (κ3) is 9.82. The molecule has 0 bridgehead atoms. The van der Waals surface area contributed by atoms with Crippen LogP contribution in [0, 0.1) is 0 Å². The van der Waals surface area contributed by atoms with E-state index < -0.39 is 0 Å². The first-order chi connectivity index (χ1) is 31.5.